The molecular weight excluding hydrogens is 260 g/mol. The van der Waals surface area contributed by atoms with Crippen LogP contribution in [0.15, 0.2) is 49.6 Å². The maximum Gasteiger partial charge on any atom is 0.127 e. The lowest BCUT2D eigenvalue weighted by atomic mass is 10.2. The van der Waals surface area contributed by atoms with Gasteiger partial charge in [0.1, 0.15) is 5.82 Å². The Bertz CT molecular complexity index is 604. The maximum atomic E-state index is 5.78. The van der Waals surface area contributed by atoms with E-state index >= 15 is 0 Å². The highest BCUT2D eigenvalue weighted by molar-refractivity contribution is 5.76. The van der Waals surface area contributed by atoms with Crippen molar-refractivity contribution in [3.05, 3.63) is 55.4 Å². The van der Waals surface area contributed by atoms with Crippen LogP contribution in [0.25, 0.3) is 11.0 Å². The van der Waals surface area contributed by atoms with E-state index in [4.69, 9.17) is 10.7 Å². The van der Waals surface area contributed by atoms with Gasteiger partial charge in [-0.25, -0.2) is 4.98 Å². The smallest absolute Gasteiger partial charge is 0.127 e. The fourth-order valence-electron chi connectivity index (χ4n) is 2.66. The molecule has 0 saturated heterocycles. The van der Waals surface area contributed by atoms with Gasteiger partial charge in [0.25, 0.3) is 0 Å². The van der Waals surface area contributed by atoms with Crippen LogP contribution in [-0.2, 0) is 6.54 Å². The van der Waals surface area contributed by atoms with Gasteiger partial charge in [0.15, 0.2) is 0 Å². The van der Waals surface area contributed by atoms with Crippen LogP contribution < -0.4 is 5.73 Å². The van der Waals surface area contributed by atoms with Gasteiger partial charge >= 0.3 is 0 Å². The number of benzene rings is 1. The Kier molecular flexibility index (Phi) is 5.31. The number of fused-ring (bicyclic) bond motifs is 1. The SMILES string of the molecule is C=CCN(CC=C)C(C)c1nc2ccccc2n1CCN. The third-order valence-electron chi connectivity index (χ3n) is 3.69. The topological polar surface area (TPSA) is 47.1 Å². The molecule has 0 aliphatic rings. The van der Waals surface area contributed by atoms with Crippen molar-refractivity contribution in [2.75, 3.05) is 19.6 Å². The van der Waals surface area contributed by atoms with Crippen LogP contribution in [0.2, 0.25) is 0 Å². The summed E-state index contributed by atoms with van der Waals surface area (Å²) in [5.74, 6) is 1.05. The first-order valence-electron chi connectivity index (χ1n) is 7.34. The number of hydrogen-bond acceptors (Lipinski definition) is 3. The molecule has 21 heavy (non-hydrogen) atoms. The van der Waals surface area contributed by atoms with Gasteiger partial charge in [-0.05, 0) is 19.1 Å². The van der Waals surface area contributed by atoms with Crippen molar-refractivity contribution in [2.24, 2.45) is 5.73 Å². The molecule has 0 aliphatic heterocycles. The third-order valence-corrected chi connectivity index (χ3v) is 3.69. The molecule has 0 spiro atoms. The molecule has 2 N–H and O–H groups in total. The van der Waals surface area contributed by atoms with Crippen LogP contribution in [0, 0.1) is 0 Å². The largest absolute Gasteiger partial charge is 0.329 e. The summed E-state index contributed by atoms with van der Waals surface area (Å²) in [4.78, 5) is 7.10. The zero-order valence-corrected chi connectivity index (χ0v) is 12.7. The molecular formula is C17H24N4. The molecule has 0 saturated carbocycles. The van der Waals surface area contributed by atoms with Crippen molar-refractivity contribution in [2.45, 2.75) is 19.5 Å². The Morgan fingerprint density at radius 1 is 1.29 bits per heavy atom. The van der Waals surface area contributed by atoms with Crippen LogP contribution in [0.3, 0.4) is 0 Å². The van der Waals surface area contributed by atoms with E-state index in [1.807, 2.05) is 30.4 Å². The van der Waals surface area contributed by atoms with Gasteiger partial charge in [0, 0.05) is 26.2 Å². The number of rotatable bonds is 8. The van der Waals surface area contributed by atoms with Gasteiger partial charge in [-0.15, -0.1) is 13.2 Å². The van der Waals surface area contributed by atoms with Crippen molar-refractivity contribution in [1.82, 2.24) is 14.5 Å². The standard InChI is InChI=1S/C17H24N4/c1-4-11-20(12-5-2)14(3)17-19-15-8-6-7-9-16(15)21(17)13-10-18/h4-9,14H,1-2,10-13,18H2,3H3. The lowest BCUT2D eigenvalue weighted by molar-refractivity contribution is 0.246. The summed E-state index contributed by atoms with van der Waals surface area (Å²) in [6, 6.07) is 8.38. The monoisotopic (exact) mass is 284 g/mol. The quantitative estimate of drug-likeness (QED) is 0.758. The Labute approximate surface area is 126 Å². The molecule has 0 amide bonds. The van der Waals surface area contributed by atoms with Crippen LogP contribution in [0.5, 0.6) is 0 Å². The summed E-state index contributed by atoms with van der Waals surface area (Å²) in [5.41, 5.74) is 7.94. The fraction of sp³-hybridized carbons (Fsp3) is 0.353. The Morgan fingerprint density at radius 3 is 2.57 bits per heavy atom. The third kappa shape index (κ3) is 3.23. The van der Waals surface area contributed by atoms with Crippen LogP contribution in [0.1, 0.15) is 18.8 Å². The molecule has 1 heterocycles. The van der Waals surface area contributed by atoms with E-state index in [-0.39, 0.29) is 6.04 Å². The summed E-state index contributed by atoms with van der Waals surface area (Å²) in [6.07, 6.45) is 3.83. The van der Waals surface area contributed by atoms with E-state index in [9.17, 15) is 0 Å². The van der Waals surface area contributed by atoms with Gasteiger partial charge in [0.2, 0.25) is 0 Å². The molecule has 0 radical (unpaired) electrons. The fourth-order valence-corrected chi connectivity index (χ4v) is 2.66. The van der Waals surface area contributed by atoms with E-state index in [0.717, 1.165) is 36.5 Å². The Balaban J connectivity index is 2.45. The molecule has 0 fully saturated rings. The Hall–Kier alpha value is -1.91. The normalized spacial score (nSPS) is 12.7. The summed E-state index contributed by atoms with van der Waals surface area (Å²) in [7, 11) is 0. The molecule has 4 heteroatoms. The molecule has 112 valence electrons. The minimum atomic E-state index is 0.181. The number of nitrogens with zero attached hydrogens (tertiary/aromatic N) is 3. The highest BCUT2D eigenvalue weighted by atomic mass is 15.2. The number of imidazole rings is 1. The summed E-state index contributed by atoms with van der Waals surface area (Å²) in [6.45, 7) is 12.8. The summed E-state index contributed by atoms with van der Waals surface area (Å²) < 4.78 is 2.22. The molecule has 1 atom stereocenters. The van der Waals surface area contributed by atoms with E-state index in [2.05, 4.69) is 35.6 Å². The lowest BCUT2D eigenvalue weighted by Crippen LogP contribution is -2.30. The second kappa shape index (κ2) is 7.20. The first kappa shape index (κ1) is 15.5. The van der Waals surface area contributed by atoms with Crippen LogP contribution in [-0.4, -0.2) is 34.1 Å². The second-order valence-corrected chi connectivity index (χ2v) is 5.11. The van der Waals surface area contributed by atoms with Crippen molar-refractivity contribution in [1.29, 1.82) is 0 Å². The average Bonchev–Trinajstić information content (AvgIpc) is 2.86. The minimum Gasteiger partial charge on any atom is -0.329 e. The average molecular weight is 284 g/mol. The Morgan fingerprint density at radius 2 is 1.95 bits per heavy atom. The van der Waals surface area contributed by atoms with Crippen molar-refractivity contribution < 1.29 is 0 Å². The van der Waals surface area contributed by atoms with Gasteiger partial charge in [-0.1, -0.05) is 24.3 Å². The highest BCUT2D eigenvalue weighted by Crippen LogP contribution is 2.24. The van der Waals surface area contributed by atoms with E-state index < -0.39 is 0 Å². The van der Waals surface area contributed by atoms with Gasteiger partial charge in [-0.3, -0.25) is 4.90 Å². The number of para-hydroxylation sites is 2. The van der Waals surface area contributed by atoms with Crippen LogP contribution >= 0.6 is 0 Å². The number of hydrogen-bond donors (Lipinski definition) is 1. The van der Waals surface area contributed by atoms with E-state index in [0.29, 0.717) is 6.54 Å². The van der Waals surface area contributed by atoms with Crippen LogP contribution in [0.4, 0.5) is 0 Å². The molecule has 1 unspecified atom stereocenters. The second-order valence-electron chi connectivity index (χ2n) is 5.11. The first-order valence-corrected chi connectivity index (χ1v) is 7.34. The number of nitrogens with two attached hydrogens (primary N) is 1. The molecule has 4 nitrogen and oxygen atoms in total. The van der Waals surface area contributed by atoms with Gasteiger partial charge < -0.3 is 10.3 Å². The first-order chi connectivity index (χ1) is 10.2. The maximum absolute atomic E-state index is 5.78. The van der Waals surface area contributed by atoms with Crippen molar-refractivity contribution in [3.63, 3.8) is 0 Å². The van der Waals surface area contributed by atoms with Gasteiger partial charge in [0.05, 0.1) is 17.1 Å². The zero-order chi connectivity index (χ0) is 15.2. The molecule has 0 bridgehead atoms. The summed E-state index contributed by atoms with van der Waals surface area (Å²) >= 11 is 0. The van der Waals surface area contributed by atoms with E-state index in [1.54, 1.807) is 0 Å². The van der Waals surface area contributed by atoms with E-state index in [1.165, 1.54) is 0 Å². The molecule has 2 rings (SSSR count). The predicted molar refractivity (Wildman–Crippen MR) is 89.2 cm³/mol. The molecule has 2 aromatic rings. The molecule has 1 aromatic carbocycles. The molecule has 0 aliphatic carbocycles. The number of aromatic nitrogens is 2. The minimum absolute atomic E-state index is 0.181. The predicted octanol–water partition coefficient (Wildman–Crippen LogP) is 2.73. The molecule has 1 aromatic heterocycles. The highest BCUT2D eigenvalue weighted by Gasteiger charge is 2.20. The van der Waals surface area contributed by atoms with Crippen molar-refractivity contribution >= 4 is 11.0 Å². The zero-order valence-electron chi connectivity index (χ0n) is 12.7. The lowest BCUT2D eigenvalue weighted by Gasteiger charge is -2.26. The van der Waals surface area contributed by atoms with Crippen molar-refractivity contribution in [3.8, 4) is 0 Å². The summed E-state index contributed by atoms with van der Waals surface area (Å²) in [5, 5.41) is 0. The van der Waals surface area contributed by atoms with Gasteiger partial charge in [-0.2, -0.15) is 0 Å².